The zero-order chi connectivity index (χ0) is 26.4. The molecule has 0 aromatic heterocycles. The Morgan fingerprint density at radius 1 is 0.737 bits per heavy atom. The van der Waals surface area contributed by atoms with Crippen molar-refractivity contribution in [1.82, 2.24) is 5.32 Å². The van der Waals surface area contributed by atoms with E-state index in [4.69, 9.17) is 0 Å². The van der Waals surface area contributed by atoms with Crippen molar-refractivity contribution in [2.24, 2.45) is 0 Å². The molecule has 0 atom stereocenters. The molecule has 1 N–H and O–H groups in total. The highest BCUT2D eigenvalue weighted by Gasteiger charge is 2.28. The minimum Gasteiger partial charge on any atom is -0.372 e. The van der Waals surface area contributed by atoms with Crippen LogP contribution in [0.3, 0.4) is 0 Å². The van der Waals surface area contributed by atoms with Crippen LogP contribution in [0.15, 0.2) is 114 Å². The molecule has 5 rings (SSSR count). The number of rotatable bonds is 9. The predicted octanol–water partition coefficient (Wildman–Crippen LogP) is 5.61. The van der Waals surface area contributed by atoms with Crippen molar-refractivity contribution < 1.29 is 13.2 Å². The van der Waals surface area contributed by atoms with E-state index in [1.54, 1.807) is 54.6 Å². The maximum Gasteiger partial charge on any atom is 0.264 e. The van der Waals surface area contributed by atoms with Crippen molar-refractivity contribution >= 4 is 27.3 Å². The molecule has 1 aliphatic heterocycles. The van der Waals surface area contributed by atoms with Gasteiger partial charge < -0.3 is 10.2 Å². The van der Waals surface area contributed by atoms with Crippen molar-refractivity contribution in [3.8, 4) is 0 Å². The van der Waals surface area contributed by atoms with Gasteiger partial charge in [0.15, 0.2) is 0 Å². The summed E-state index contributed by atoms with van der Waals surface area (Å²) in [4.78, 5) is 15.9. The van der Waals surface area contributed by atoms with E-state index in [1.165, 1.54) is 22.8 Å². The summed E-state index contributed by atoms with van der Waals surface area (Å²) < 4.78 is 29.0. The molecule has 0 radical (unpaired) electrons. The molecule has 1 amide bonds. The fourth-order valence-electron chi connectivity index (χ4n) is 4.73. The molecular formula is C31H31N3O3S. The summed E-state index contributed by atoms with van der Waals surface area (Å²) >= 11 is 0. The van der Waals surface area contributed by atoms with Crippen LogP contribution in [-0.2, 0) is 23.1 Å². The van der Waals surface area contributed by atoms with Gasteiger partial charge in [0.25, 0.3) is 15.9 Å². The fourth-order valence-corrected chi connectivity index (χ4v) is 6.22. The molecule has 38 heavy (non-hydrogen) atoms. The number of hydrogen-bond donors (Lipinski definition) is 1. The second-order valence-corrected chi connectivity index (χ2v) is 11.2. The molecule has 0 bridgehead atoms. The number of anilines is 2. The first-order chi connectivity index (χ1) is 18.5. The number of amides is 1. The van der Waals surface area contributed by atoms with Gasteiger partial charge >= 0.3 is 0 Å². The normalized spacial score (nSPS) is 13.3. The van der Waals surface area contributed by atoms with Gasteiger partial charge in [-0.1, -0.05) is 72.8 Å². The monoisotopic (exact) mass is 525 g/mol. The molecule has 1 fully saturated rings. The molecule has 4 aromatic carbocycles. The Hall–Kier alpha value is -4.10. The number of nitrogens with one attached hydrogen (secondary N) is 1. The van der Waals surface area contributed by atoms with Crippen LogP contribution in [0.5, 0.6) is 0 Å². The van der Waals surface area contributed by atoms with Crippen LogP contribution in [0.4, 0.5) is 11.4 Å². The minimum atomic E-state index is -3.94. The maximum absolute atomic E-state index is 13.8. The van der Waals surface area contributed by atoms with Crippen LogP contribution in [0.25, 0.3) is 0 Å². The molecule has 194 valence electrons. The summed E-state index contributed by atoms with van der Waals surface area (Å²) in [5.74, 6) is -0.328. The Kier molecular flexibility index (Phi) is 7.75. The first-order valence-electron chi connectivity index (χ1n) is 12.9. The van der Waals surface area contributed by atoms with Crippen molar-refractivity contribution in [2.45, 2.75) is 30.8 Å². The third-order valence-corrected chi connectivity index (χ3v) is 8.55. The van der Waals surface area contributed by atoms with E-state index in [1.807, 2.05) is 42.5 Å². The standard InChI is InChI=1S/C31H31N3O3S/c35-31(32-23-25-17-19-27(20-18-25)33-21-9-10-22-33)29-15-7-8-16-30(29)34(24-26-11-3-1-4-12-26)38(36,37)28-13-5-2-6-14-28/h1-8,11-20H,9-10,21-24H2,(H,32,35). The van der Waals surface area contributed by atoms with Crippen LogP contribution in [0, 0.1) is 0 Å². The lowest BCUT2D eigenvalue weighted by atomic mass is 10.1. The molecule has 0 unspecified atom stereocenters. The second kappa shape index (κ2) is 11.5. The average Bonchev–Trinajstić information content (AvgIpc) is 3.51. The van der Waals surface area contributed by atoms with E-state index in [0.29, 0.717) is 17.8 Å². The van der Waals surface area contributed by atoms with E-state index >= 15 is 0 Å². The first-order valence-corrected chi connectivity index (χ1v) is 14.3. The Bertz CT molecular complexity index is 1470. The zero-order valence-electron chi connectivity index (χ0n) is 21.2. The molecule has 7 heteroatoms. The van der Waals surface area contributed by atoms with Gasteiger partial charge in [-0.05, 0) is 60.4 Å². The van der Waals surface area contributed by atoms with Crippen LogP contribution in [-0.4, -0.2) is 27.4 Å². The van der Waals surface area contributed by atoms with Crippen molar-refractivity contribution in [3.05, 3.63) is 126 Å². The van der Waals surface area contributed by atoms with E-state index in [2.05, 4.69) is 22.3 Å². The molecule has 0 aliphatic carbocycles. The van der Waals surface area contributed by atoms with Crippen LogP contribution < -0.4 is 14.5 Å². The Labute approximate surface area is 224 Å². The van der Waals surface area contributed by atoms with Gasteiger partial charge in [-0.15, -0.1) is 0 Å². The number of benzene rings is 4. The summed E-state index contributed by atoms with van der Waals surface area (Å²) in [7, 11) is -3.94. The quantitative estimate of drug-likeness (QED) is 0.308. The molecule has 0 spiro atoms. The van der Waals surface area contributed by atoms with E-state index < -0.39 is 10.0 Å². The second-order valence-electron chi connectivity index (χ2n) is 9.37. The van der Waals surface area contributed by atoms with E-state index in [-0.39, 0.29) is 17.3 Å². The molecule has 1 heterocycles. The number of sulfonamides is 1. The van der Waals surface area contributed by atoms with Gasteiger partial charge in [0.05, 0.1) is 22.7 Å². The molecule has 1 saturated heterocycles. The van der Waals surface area contributed by atoms with Gasteiger partial charge in [-0.3, -0.25) is 9.10 Å². The smallest absolute Gasteiger partial charge is 0.264 e. The molecular weight excluding hydrogens is 494 g/mol. The maximum atomic E-state index is 13.8. The lowest BCUT2D eigenvalue weighted by molar-refractivity contribution is 0.0951. The topological polar surface area (TPSA) is 69.7 Å². The summed E-state index contributed by atoms with van der Waals surface area (Å²) in [6.07, 6.45) is 2.44. The van der Waals surface area contributed by atoms with Gasteiger partial charge in [-0.25, -0.2) is 8.42 Å². The minimum absolute atomic E-state index is 0.0975. The van der Waals surface area contributed by atoms with E-state index in [0.717, 1.165) is 24.2 Å². The third kappa shape index (κ3) is 5.73. The van der Waals surface area contributed by atoms with Crippen molar-refractivity contribution in [2.75, 3.05) is 22.3 Å². The van der Waals surface area contributed by atoms with Gasteiger partial charge in [0, 0.05) is 25.3 Å². The number of carbonyl (C=O) groups is 1. The first kappa shape index (κ1) is 25.5. The van der Waals surface area contributed by atoms with Crippen LogP contribution in [0.2, 0.25) is 0 Å². The lowest BCUT2D eigenvalue weighted by Gasteiger charge is -2.26. The molecule has 4 aromatic rings. The zero-order valence-corrected chi connectivity index (χ0v) is 22.0. The number of para-hydroxylation sites is 1. The number of hydrogen-bond acceptors (Lipinski definition) is 4. The van der Waals surface area contributed by atoms with E-state index in [9.17, 15) is 13.2 Å². The highest BCUT2D eigenvalue weighted by molar-refractivity contribution is 7.92. The fraction of sp³-hybridized carbons (Fsp3) is 0.194. The summed E-state index contributed by atoms with van der Waals surface area (Å²) in [5, 5.41) is 2.98. The summed E-state index contributed by atoms with van der Waals surface area (Å²) in [6.45, 7) is 2.61. The Balaban J connectivity index is 1.40. The molecule has 1 aliphatic rings. The number of nitrogens with zero attached hydrogens (tertiary/aromatic N) is 2. The van der Waals surface area contributed by atoms with Crippen LogP contribution >= 0.6 is 0 Å². The predicted molar refractivity (Wildman–Crippen MR) is 152 cm³/mol. The van der Waals surface area contributed by atoms with Crippen molar-refractivity contribution in [3.63, 3.8) is 0 Å². The van der Waals surface area contributed by atoms with Gasteiger partial charge in [-0.2, -0.15) is 0 Å². The molecule has 6 nitrogen and oxygen atoms in total. The third-order valence-electron chi connectivity index (χ3n) is 6.78. The van der Waals surface area contributed by atoms with Gasteiger partial charge in [0.1, 0.15) is 0 Å². The van der Waals surface area contributed by atoms with Gasteiger partial charge in [0.2, 0.25) is 0 Å². The average molecular weight is 526 g/mol. The summed E-state index contributed by atoms with van der Waals surface area (Å²) in [5.41, 5.74) is 3.64. The Morgan fingerprint density at radius 3 is 2.03 bits per heavy atom. The molecule has 0 saturated carbocycles. The largest absolute Gasteiger partial charge is 0.372 e. The lowest BCUT2D eigenvalue weighted by Crippen LogP contribution is -2.33. The number of carbonyl (C=O) groups excluding carboxylic acids is 1. The van der Waals surface area contributed by atoms with Crippen LogP contribution in [0.1, 0.15) is 34.3 Å². The highest BCUT2D eigenvalue weighted by atomic mass is 32.2. The summed E-state index contributed by atoms with van der Waals surface area (Å²) in [6, 6.07) is 32.8. The van der Waals surface area contributed by atoms with Crippen molar-refractivity contribution in [1.29, 1.82) is 0 Å². The highest BCUT2D eigenvalue weighted by Crippen LogP contribution is 2.29. The Morgan fingerprint density at radius 2 is 1.34 bits per heavy atom. The SMILES string of the molecule is O=C(NCc1ccc(N2CCCC2)cc1)c1ccccc1N(Cc1ccccc1)S(=O)(=O)c1ccccc1.